The van der Waals surface area contributed by atoms with Crippen LogP contribution in [0.5, 0.6) is 0 Å². The molecule has 1 unspecified atom stereocenters. The third kappa shape index (κ3) is 3.04. The predicted octanol–water partition coefficient (Wildman–Crippen LogP) is 4.73. The molecule has 1 atom stereocenters. The molecule has 18 heavy (non-hydrogen) atoms. The van der Waals surface area contributed by atoms with Gasteiger partial charge in [-0.3, -0.25) is 0 Å². The Labute approximate surface area is 113 Å². The van der Waals surface area contributed by atoms with Crippen LogP contribution in [0, 0.1) is 17.2 Å². The third-order valence-electron chi connectivity index (χ3n) is 4.11. The van der Waals surface area contributed by atoms with Crippen molar-refractivity contribution >= 4 is 11.6 Å². The monoisotopic (exact) mass is 270 g/mol. The highest BCUT2D eigenvalue weighted by atomic mass is 35.5. The summed E-state index contributed by atoms with van der Waals surface area (Å²) in [7, 11) is 0. The summed E-state index contributed by atoms with van der Waals surface area (Å²) in [6, 6.07) is 4.19. The van der Waals surface area contributed by atoms with Crippen molar-refractivity contribution in [2.75, 3.05) is 0 Å². The van der Waals surface area contributed by atoms with E-state index in [0.717, 1.165) is 25.7 Å². The summed E-state index contributed by atoms with van der Waals surface area (Å²) < 4.78 is 13.2. The molecular weight excluding hydrogens is 251 g/mol. The zero-order chi connectivity index (χ0) is 13.3. The van der Waals surface area contributed by atoms with Crippen molar-refractivity contribution in [3.05, 3.63) is 34.6 Å². The molecular formula is C15H20ClFO. The smallest absolute Gasteiger partial charge is 0.123 e. The molecule has 1 aromatic carbocycles. The Bertz CT molecular complexity index is 421. The van der Waals surface area contributed by atoms with Crippen LogP contribution >= 0.6 is 11.6 Å². The van der Waals surface area contributed by atoms with Crippen molar-refractivity contribution < 1.29 is 9.50 Å². The molecule has 0 radical (unpaired) electrons. The highest BCUT2D eigenvalue weighted by Gasteiger charge is 2.31. The second-order valence-electron chi connectivity index (χ2n) is 6.11. The van der Waals surface area contributed by atoms with Gasteiger partial charge in [0.2, 0.25) is 0 Å². The molecule has 3 heteroatoms. The number of rotatable bonds is 2. The van der Waals surface area contributed by atoms with Gasteiger partial charge in [0, 0.05) is 10.6 Å². The molecule has 1 nitrogen and oxygen atoms in total. The molecule has 2 rings (SSSR count). The normalized spacial score (nSPS) is 21.8. The first-order chi connectivity index (χ1) is 8.39. The van der Waals surface area contributed by atoms with Crippen LogP contribution in [0.2, 0.25) is 5.02 Å². The van der Waals surface area contributed by atoms with Crippen molar-refractivity contribution in [1.29, 1.82) is 0 Å². The second kappa shape index (κ2) is 5.18. The summed E-state index contributed by atoms with van der Waals surface area (Å²) >= 11 is 6.04. The minimum Gasteiger partial charge on any atom is -0.388 e. The van der Waals surface area contributed by atoms with E-state index in [4.69, 9.17) is 11.6 Å². The molecule has 0 spiro atoms. The second-order valence-corrected chi connectivity index (χ2v) is 6.52. The number of benzene rings is 1. The molecule has 1 aliphatic carbocycles. The van der Waals surface area contributed by atoms with E-state index in [0.29, 0.717) is 16.0 Å². The van der Waals surface area contributed by atoms with E-state index in [2.05, 4.69) is 13.8 Å². The van der Waals surface area contributed by atoms with Gasteiger partial charge >= 0.3 is 0 Å². The minimum atomic E-state index is -0.649. The molecule has 0 saturated heterocycles. The number of hydrogen-bond donors (Lipinski definition) is 1. The largest absolute Gasteiger partial charge is 0.388 e. The lowest BCUT2D eigenvalue weighted by Crippen LogP contribution is -2.25. The summed E-state index contributed by atoms with van der Waals surface area (Å²) in [5.41, 5.74) is 0.892. The molecule has 100 valence electrons. The summed E-state index contributed by atoms with van der Waals surface area (Å²) in [4.78, 5) is 0. The molecule has 0 amide bonds. The highest BCUT2D eigenvalue weighted by Crippen LogP contribution is 2.43. The van der Waals surface area contributed by atoms with Gasteiger partial charge in [-0.15, -0.1) is 0 Å². The van der Waals surface area contributed by atoms with Crippen LogP contribution in [0.1, 0.15) is 51.2 Å². The van der Waals surface area contributed by atoms with Crippen molar-refractivity contribution in [1.82, 2.24) is 0 Å². The Hall–Kier alpha value is -0.600. The Kier molecular flexibility index (Phi) is 3.98. The van der Waals surface area contributed by atoms with Crippen LogP contribution < -0.4 is 0 Å². The molecule has 0 aliphatic heterocycles. The van der Waals surface area contributed by atoms with Crippen LogP contribution in [0.25, 0.3) is 0 Å². The van der Waals surface area contributed by atoms with Gasteiger partial charge in [-0.25, -0.2) is 4.39 Å². The van der Waals surface area contributed by atoms with Gasteiger partial charge in [0.1, 0.15) is 5.82 Å². The molecule has 1 aliphatic rings. The van der Waals surface area contributed by atoms with E-state index in [9.17, 15) is 9.50 Å². The average Bonchev–Trinajstić information content (AvgIpc) is 2.31. The van der Waals surface area contributed by atoms with Crippen LogP contribution in [0.15, 0.2) is 18.2 Å². The van der Waals surface area contributed by atoms with Gasteiger partial charge in [-0.1, -0.05) is 25.4 Å². The standard InChI is InChI=1S/C15H20ClFO/c1-15(2)7-5-10(6-8-15)14(18)12-9-11(17)3-4-13(12)16/h3-4,9-10,14,18H,5-8H2,1-2H3. The Balaban J connectivity index is 2.12. The van der Waals surface area contributed by atoms with Gasteiger partial charge in [0.05, 0.1) is 6.10 Å². The summed E-state index contributed by atoms with van der Waals surface area (Å²) in [6.07, 6.45) is 3.50. The minimum absolute atomic E-state index is 0.192. The fourth-order valence-corrected chi connectivity index (χ4v) is 2.96. The van der Waals surface area contributed by atoms with Crippen LogP contribution in [-0.4, -0.2) is 5.11 Å². The van der Waals surface area contributed by atoms with Gasteiger partial charge in [-0.2, -0.15) is 0 Å². The Morgan fingerprint density at radius 2 is 1.94 bits per heavy atom. The zero-order valence-corrected chi connectivity index (χ0v) is 11.7. The van der Waals surface area contributed by atoms with E-state index in [-0.39, 0.29) is 11.7 Å². The van der Waals surface area contributed by atoms with Crippen molar-refractivity contribution in [2.45, 2.75) is 45.6 Å². The van der Waals surface area contributed by atoms with Gasteiger partial charge in [0.25, 0.3) is 0 Å². The van der Waals surface area contributed by atoms with Crippen LogP contribution in [0.4, 0.5) is 4.39 Å². The first-order valence-corrected chi connectivity index (χ1v) is 6.90. The maximum atomic E-state index is 13.2. The molecule has 1 fully saturated rings. The van der Waals surface area contributed by atoms with E-state index >= 15 is 0 Å². The molecule has 0 bridgehead atoms. The number of hydrogen-bond acceptors (Lipinski definition) is 1. The molecule has 0 heterocycles. The third-order valence-corrected chi connectivity index (χ3v) is 4.45. The summed E-state index contributed by atoms with van der Waals surface area (Å²) in [5.74, 6) is -0.151. The predicted molar refractivity (Wildman–Crippen MR) is 72.1 cm³/mol. The first-order valence-electron chi connectivity index (χ1n) is 6.52. The Morgan fingerprint density at radius 3 is 2.56 bits per heavy atom. The van der Waals surface area contributed by atoms with Crippen LogP contribution in [-0.2, 0) is 0 Å². The molecule has 1 saturated carbocycles. The van der Waals surface area contributed by atoms with Gasteiger partial charge < -0.3 is 5.11 Å². The van der Waals surface area contributed by atoms with Crippen molar-refractivity contribution in [3.8, 4) is 0 Å². The SMILES string of the molecule is CC1(C)CCC(C(O)c2cc(F)ccc2Cl)CC1. The van der Waals surface area contributed by atoms with E-state index in [1.165, 1.54) is 18.2 Å². The van der Waals surface area contributed by atoms with Gasteiger partial charge in [-0.05, 0) is 55.2 Å². The van der Waals surface area contributed by atoms with E-state index < -0.39 is 6.10 Å². The quantitative estimate of drug-likeness (QED) is 0.824. The summed E-state index contributed by atoms with van der Waals surface area (Å²) in [6.45, 7) is 4.51. The lowest BCUT2D eigenvalue weighted by atomic mass is 9.71. The molecule has 0 aromatic heterocycles. The fraction of sp³-hybridized carbons (Fsp3) is 0.600. The average molecular weight is 271 g/mol. The maximum Gasteiger partial charge on any atom is 0.123 e. The molecule has 1 N–H and O–H groups in total. The van der Waals surface area contributed by atoms with Gasteiger partial charge in [0.15, 0.2) is 0 Å². The fourth-order valence-electron chi connectivity index (χ4n) is 2.73. The number of aliphatic hydroxyl groups is 1. The topological polar surface area (TPSA) is 20.2 Å². The van der Waals surface area contributed by atoms with E-state index in [1.807, 2.05) is 0 Å². The van der Waals surface area contributed by atoms with Crippen LogP contribution in [0.3, 0.4) is 0 Å². The molecule has 1 aromatic rings. The zero-order valence-electron chi connectivity index (χ0n) is 10.9. The maximum absolute atomic E-state index is 13.2. The number of aliphatic hydroxyl groups excluding tert-OH is 1. The highest BCUT2D eigenvalue weighted by molar-refractivity contribution is 6.31. The first kappa shape index (κ1) is 13.8. The Morgan fingerprint density at radius 1 is 1.33 bits per heavy atom. The van der Waals surface area contributed by atoms with E-state index in [1.54, 1.807) is 0 Å². The van der Waals surface area contributed by atoms with Crippen molar-refractivity contribution in [3.63, 3.8) is 0 Å². The van der Waals surface area contributed by atoms with Crippen molar-refractivity contribution in [2.24, 2.45) is 11.3 Å². The summed E-state index contributed by atoms with van der Waals surface area (Å²) in [5, 5.41) is 10.8. The lowest BCUT2D eigenvalue weighted by Gasteiger charge is -2.36. The number of halogens is 2. The lowest BCUT2D eigenvalue weighted by molar-refractivity contribution is 0.0566.